The number of benzene rings is 1. The molecule has 0 aromatic heterocycles. The van der Waals surface area contributed by atoms with Crippen LogP contribution in [0.4, 0.5) is 9.18 Å². The largest absolute Gasteiger partial charge is 0.490 e. The van der Waals surface area contributed by atoms with Gasteiger partial charge in [-0.25, -0.2) is 9.18 Å². The number of nitrogens with zero attached hydrogens (tertiary/aromatic N) is 2. The Morgan fingerprint density at radius 2 is 1.93 bits per heavy atom. The van der Waals surface area contributed by atoms with Gasteiger partial charge in [0.25, 0.3) is 0 Å². The first-order valence-electron chi connectivity index (χ1n) is 10.4. The second-order valence-electron chi connectivity index (χ2n) is 9.29. The fourth-order valence-electron chi connectivity index (χ4n) is 3.88. The molecule has 1 aromatic carbocycles. The monoisotopic (exact) mass is 426 g/mol. The van der Waals surface area contributed by atoms with Crippen molar-refractivity contribution in [3.8, 4) is 5.75 Å². The maximum atomic E-state index is 14.6. The van der Waals surface area contributed by atoms with Crippen molar-refractivity contribution in [2.45, 2.75) is 64.7 Å². The van der Waals surface area contributed by atoms with Gasteiger partial charge < -0.3 is 14.4 Å². The number of likely N-dealkylation sites (tertiary alicyclic amines) is 1. The van der Waals surface area contributed by atoms with E-state index in [2.05, 4.69) is 4.90 Å². The first-order chi connectivity index (χ1) is 13.6. The molecule has 0 unspecified atom stereocenters. The molecule has 1 saturated heterocycles. The van der Waals surface area contributed by atoms with Gasteiger partial charge in [0.1, 0.15) is 17.2 Å². The van der Waals surface area contributed by atoms with E-state index >= 15 is 0 Å². The van der Waals surface area contributed by atoms with Gasteiger partial charge in [-0.05, 0) is 71.5 Å². The molecule has 1 aromatic rings. The van der Waals surface area contributed by atoms with Crippen LogP contribution in [0.2, 0.25) is 5.02 Å². The molecule has 0 spiro atoms. The Morgan fingerprint density at radius 1 is 1.28 bits per heavy atom. The Bertz CT molecular complexity index is 702. The van der Waals surface area contributed by atoms with Crippen LogP contribution in [0, 0.1) is 11.7 Å². The molecule has 0 atom stereocenters. The first-order valence-corrected chi connectivity index (χ1v) is 10.8. The highest BCUT2D eigenvalue weighted by atomic mass is 35.5. The number of halogens is 2. The SMILES string of the molecule is CN(CC1CC(Oc2cc(F)c(CN3CCCC3)c(Cl)c2)C1)C(=O)OC(C)(C)C. The van der Waals surface area contributed by atoms with Crippen LogP contribution < -0.4 is 4.74 Å². The molecule has 2 aliphatic rings. The van der Waals surface area contributed by atoms with E-state index in [1.807, 2.05) is 20.8 Å². The lowest BCUT2D eigenvalue weighted by molar-refractivity contribution is 0.0118. The highest BCUT2D eigenvalue weighted by molar-refractivity contribution is 6.31. The van der Waals surface area contributed by atoms with Gasteiger partial charge in [-0.2, -0.15) is 0 Å². The molecule has 3 rings (SSSR count). The number of hydrogen-bond donors (Lipinski definition) is 0. The van der Waals surface area contributed by atoms with Gasteiger partial charge in [-0.1, -0.05) is 11.6 Å². The number of carbonyl (C=O) groups excluding carboxylic acids is 1. The van der Waals surface area contributed by atoms with Crippen molar-refractivity contribution in [1.82, 2.24) is 9.80 Å². The summed E-state index contributed by atoms with van der Waals surface area (Å²) in [5.74, 6) is 0.522. The molecule has 162 valence electrons. The number of hydrogen-bond acceptors (Lipinski definition) is 4. The summed E-state index contributed by atoms with van der Waals surface area (Å²) in [6.07, 6.45) is 3.67. The zero-order valence-corrected chi connectivity index (χ0v) is 18.6. The predicted octanol–water partition coefficient (Wildman–Crippen LogP) is 5.10. The predicted molar refractivity (Wildman–Crippen MR) is 112 cm³/mol. The lowest BCUT2D eigenvalue weighted by atomic mass is 9.82. The van der Waals surface area contributed by atoms with E-state index in [9.17, 15) is 9.18 Å². The Kier molecular flexibility index (Phi) is 6.94. The van der Waals surface area contributed by atoms with Crippen molar-refractivity contribution in [2.75, 3.05) is 26.7 Å². The summed E-state index contributed by atoms with van der Waals surface area (Å²) >= 11 is 6.34. The van der Waals surface area contributed by atoms with Crippen LogP contribution in [-0.2, 0) is 11.3 Å². The van der Waals surface area contributed by atoms with Crippen LogP contribution >= 0.6 is 11.6 Å². The fraction of sp³-hybridized carbons (Fsp3) is 0.682. The van der Waals surface area contributed by atoms with Gasteiger partial charge in [-0.15, -0.1) is 0 Å². The third-order valence-electron chi connectivity index (χ3n) is 5.43. The van der Waals surface area contributed by atoms with Crippen LogP contribution in [0.1, 0.15) is 52.0 Å². The molecule has 1 aliphatic carbocycles. The van der Waals surface area contributed by atoms with E-state index in [1.165, 1.54) is 6.07 Å². The van der Waals surface area contributed by atoms with Crippen LogP contribution in [0.15, 0.2) is 12.1 Å². The van der Waals surface area contributed by atoms with E-state index in [0.29, 0.717) is 35.3 Å². The highest BCUT2D eigenvalue weighted by Crippen LogP contribution is 2.34. The molecule has 1 saturated carbocycles. The number of carbonyl (C=O) groups is 1. The molecule has 1 amide bonds. The van der Waals surface area contributed by atoms with E-state index in [1.54, 1.807) is 18.0 Å². The second-order valence-corrected chi connectivity index (χ2v) is 9.69. The molecule has 1 aliphatic heterocycles. The van der Waals surface area contributed by atoms with Crippen molar-refractivity contribution in [3.05, 3.63) is 28.5 Å². The van der Waals surface area contributed by atoms with Gasteiger partial charge in [0, 0.05) is 31.8 Å². The third kappa shape index (κ3) is 6.22. The summed E-state index contributed by atoms with van der Waals surface area (Å²) < 4.78 is 25.8. The van der Waals surface area contributed by atoms with E-state index in [4.69, 9.17) is 21.1 Å². The molecular formula is C22H32ClFN2O3. The van der Waals surface area contributed by atoms with Crippen molar-refractivity contribution in [3.63, 3.8) is 0 Å². The minimum Gasteiger partial charge on any atom is -0.490 e. The van der Waals surface area contributed by atoms with Crippen molar-refractivity contribution >= 4 is 17.7 Å². The first kappa shape index (κ1) is 22.2. The lowest BCUT2D eigenvalue weighted by Crippen LogP contribution is -2.43. The average Bonchev–Trinajstić information content (AvgIpc) is 3.07. The van der Waals surface area contributed by atoms with Gasteiger partial charge >= 0.3 is 6.09 Å². The molecule has 7 heteroatoms. The molecule has 1 heterocycles. The van der Waals surface area contributed by atoms with E-state index < -0.39 is 5.60 Å². The summed E-state index contributed by atoms with van der Waals surface area (Å²) in [4.78, 5) is 15.9. The molecule has 2 fully saturated rings. The zero-order chi connectivity index (χ0) is 21.2. The number of amides is 1. The topological polar surface area (TPSA) is 42.0 Å². The number of ether oxygens (including phenoxy) is 2. The number of rotatable bonds is 6. The zero-order valence-electron chi connectivity index (χ0n) is 17.8. The van der Waals surface area contributed by atoms with E-state index in [-0.39, 0.29) is 18.0 Å². The van der Waals surface area contributed by atoms with Gasteiger partial charge in [0.15, 0.2) is 0 Å². The normalized spacial score (nSPS) is 22.3. The Morgan fingerprint density at radius 3 is 2.52 bits per heavy atom. The summed E-state index contributed by atoms with van der Waals surface area (Å²) in [7, 11) is 1.75. The van der Waals surface area contributed by atoms with Crippen molar-refractivity contribution < 1.29 is 18.7 Å². The summed E-state index contributed by atoms with van der Waals surface area (Å²) in [5, 5.41) is 0.424. The molecule has 0 N–H and O–H groups in total. The standard InChI is InChI=1S/C22H32ClFN2O3/c1-22(2,3)29-21(27)25(4)13-15-9-16(10-15)28-17-11-19(23)18(20(24)12-17)14-26-7-5-6-8-26/h11-12,15-16H,5-10,13-14H2,1-4H3. The van der Waals surface area contributed by atoms with Crippen LogP contribution in [-0.4, -0.2) is 54.3 Å². The Hall–Kier alpha value is -1.53. The maximum Gasteiger partial charge on any atom is 0.410 e. The molecule has 29 heavy (non-hydrogen) atoms. The Labute approximate surface area is 178 Å². The average molecular weight is 427 g/mol. The summed E-state index contributed by atoms with van der Waals surface area (Å²) in [5.41, 5.74) is 0.0485. The smallest absolute Gasteiger partial charge is 0.410 e. The quantitative estimate of drug-likeness (QED) is 0.634. The fourth-order valence-corrected chi connectivity index (χ4v) is 4.13. The van der Waals surface area contributed by atoms with Gasteiger partial charge in [0.2, 0.25) is 0 Å². The van der Waals surface area contributed by atoms with Crippen LogP contribution in [0.25, 0.3) is 0 Å². The maximum absolute atomic E-state index is 14.6. The third-order valence-corrected chi connectivity index (χ3v) is 5.76. The van der Waals surface area contributed by atoms with Gasteiger partial charge in [0.05, 0.1) is 11.1 Å². The second kappa shape index (κ2) is 9.09. The van der Waals surface area contributed by atoms with E-state index in [0.717, 1.165) is 38.8 Å². The molecule has 0 radical (unpaired) electrons. The molecule has 5 nitrogen and oxygen atoms in total. The highest BCUT2D eigenvalue weighted by Gasteiger charge is 2.33. The minimum absolute atomic E-state index is 0.0203. The van der Waals surface area contributed by atoms with Crippen LogP contribution in [0.3, 0.4) is 0 Å². The summed E-state index contributed by atoms with van der Waals surface area (Å²) in [6, 6.07) is 3.16. The van der Waals surface area contributed by atoms with Crippen molar-refractivity contribution in [1.29, 1.82) is 0 Å². The molecular weight excluding hydrogens is 395 g/mol. The minimum atomic E-state index is -0.499. The summed E-state index contributed by atoms with van der Waals surface area (Å²) in [6.45, 7) is 8.72. The van der Waals surface area contributed by atoms with Gasteiger partial charge in [-0.3, -0.25) is 4.90 Å². The lowest BCUT2D eigenvalue weighted by Gasteiger charge is -2.37. The van der Waals surface area contributed by atoms with Crippen LogP contribution in [0.5, 0.6) is 5.75 Å². The van der Waals surface area contributed by atoms with Crippen molar-refractivity contribution in [2.24, 2.45) is 5.92 Å². The Balaban J connectivity index is 1.47. The molecule has 0 bridgehead atoms.